The summed E-state index contributed by atoms with van der Waals surface area (Å²) in [7, 11) is -4.20. The predicted molar refractivity (Wildman–Crippen MR) is 122 cm³/mol. The molecule has 0 saturated heterocycles. The summed E-state index contributed by atoms with van der Waals surface area (Å²) >= 11 is 1.11. The standard InChI is InChI=1S/C21H20N2O8S2/c1-3-13-4-6-16-14(9-20(24)31-18(16)8-13)12-30-21(25)11-22-33(28,29)15-5-7-19(32-2)17(10-15)23(26)27/h4-10,22H,3,11-12H2,1-2H3. The van der Waals surface area contributed by atoms with Crippen molar-refractivity contribution in [2.75, 3.05) is 12.8 Å². The van der Waals surface area contributed by atoms with Crippen LogP contribution in [0.1, 0.15) is 18.1 Å². The number of carbonyl (C=O) groups is 1. The number of hydrogen-bond donors (Lipinski definition) is 1. The molecule has 0 aliphatic rings. The minimum Gasteiger partial charge on any atom is -0.460 e. The maximum atomic E-state index is 12.5. The number of nitrogens with zero attached hydrogens (tertiary/aromatic N) is 1. The Morgan fingerprint density at radius 3 is 2.64 bits per heavy atom. The quantitative estimate of drug-likeness (QED) is 0.157. The molecule has 0 fully saturated rings. The lowest BCUT2D eigenvalue weighted by Crippen LogP contribution is -2.30. The van der Waals surface area contributed by atoms with Crippen molar-refractivity contribution in [3.8, 4) is 0 Å². The first kappa shape index (κ1) is 24.4. The van der Waals surface area contributed by atoms with Gasteiger partial charge in [0.15, 0.2) is 0 Å². The average molecular weight is 493 g/mol. The SMILES string of the molecule is CCc1ccc2c(COC(=O)CNS(=O)(=O)c3ccc(SC)c([N+](=O)[O-])c3)cc(=O)oc2c1. The van der Waals surface area contributed by atoms with Gasteiger partial charge in [-0.15, -0.1) is 11.8 Å². The first-order chi connectivity index (χ1) is 15.6. The Morgan fingerprint density at radius 1 is 1.21 bits per heavy atom. The van der Waals surface area contributed by atoms with Crippen LogP contribution in [0.5, 0.6) is 0 Å². The number of nitro groups is 1. The summed E-state index contributed by atoms with van der Waals surface area (Å²) in [5.41, 5.74) is 0.805. The van der Waals surface area contributed by atoms with Crippen molar-refractivity contribution >= 4 is 44.4 Å². The Balaban J connectivity index is 1.69. The van der Waals surface area contributed by atoms with Gasteiger partial charge in [-0.3, -0.25) is 14.9 Å². The Bertz CT molecular complexity index is 1380. The molecule has 0 unspecified atom stereocenters. The van der Waals surface area contributed by atoms with Crippen molar-refractivity contribution in [1.82, 2.24) is 4.72 Å². The second kappa shape index (κ2) is 10.1. The molecule has 0 aliphatic carbocycles. The largest absolute Gasteiger partial charge is 0.460 e. The fourth-order valence-corrected chi connectivity index (χ4v) is 4.58. The number of ether oxygens (including phenoxy) is 1. The fourth-order valence-electron chi connectivity index (χ4n) is 3.04. The van der Waals surface area contributed by atoms with E-state index in [2.05, 4.69) is 4.72 Å². The smallest absolute Gasteiger partial charge is 0.336 e. The molecule has 3 aromatic rings. The molecular weight excluding hydrogens is 472 g/mol. The lowest BCUT2D eigenvalue weighted by Gasteiger charge is -2.10. The zero-order chi connectivity index (χ0) is 24.2. The van der Waals surface area contributed by atoms with Gasteiger partial charge in [0.1, 0.15) is 18.7 Å². The number of hydrogen-bond acceptors (Lipinski definition) is 9. The highest BCUT2D eigenvalue weighted by Gasteiger charge is 2.22. The molecule has 33 heavy (non-hydrogen) atoms. The van der Waals surface area contributed by atoms with Crippen LogP contribution in [0, 0.1) is 10.1 Å². The summed E-state index contributed by atoms with van der Waals surface area (Å²) < 4.78 is 37.3. The van der Waals surface area contributed by atoms with E-state index in [-0.39, 0.29) is 17.2 Å². The van der Waals surface area contributed by atoms with E-state index in [4.69, 9.17) is 9.15 Å². The number of nitrogens with one attached hydrogen (secondary N) is 1. The number of esters is 1. The molecule has 1 N–H and O–H groups in total. The van der Waals surface area contributed by atoms with Crippen LogP contribution in [0.4, 0.5) is 5.69 Å². The molecule has 0 bridgehead atoms. The molecule has 0 saturated carbocycles. The van der Waals surface area contributed by atoms with Crippen LogP contribution in [0.3, 0.4) is 0 Å². The second-order valence-corrected chi connectivity index (χ2v) is 9.47. The number of nitro benzene ring substituents is 1. The molecule has 12 heteroatoms. The monoisotopic (exact) mass is 492 g/mol. The van der Waals surface area contributed by atoms with E-state index in [1.54, 1.807) is 18.4 Å². The predicted octanol–water partition coefficient (Wildman–Crippen LogP) is 3.01. The van der Waals surface area contributed by atoms with Crippen LogP contribution < -0.4 is 10.3 Å². The fraction of sp³-hybridized carbons (Fsp3) is 0.238. The highest BCUT2D eigenvalue weighted by atomic mass is 32.2. The molecule has 0 amide bonds. The van der Waals surface area contributed by atoms with Crippen molar-refractivity contribution in [2.24, 2.45) is 0 Å². The van der Waals surface area contributed by atoms with E-state index in [1.807, 2.05) is 13.0 Å². The van der Waals surface area contributed by atoms with Crippen LogP contribution >= 0.6 is 11.8 Å². The molecule has 3 rings (SSSR count). The third kappa shape index (κ3) is 5.78. The van der Waals surface area contributed by atoms with Gasteiger partial charge >= 0.3 is 11.6 Å². The van der Waals surface area contributed by atoms with Gasteiger partial charge in [-0.1, -0.05) is 19.1 Å². The zero-order valence-corrected chi connectivity index (χ0v) is 19.3. The van der Waals surface area contributed by atoms with E-state index in [0.717, 1.165) is 29.8 Å². The normalized spacial score (nSPS) is 11.5. The number of thioether (sulfide) groups is 1. The van der Waals surface area contributed by atoms with Crippen LogP contribution in [-0.2, 0) is 32.6 Å². The number of fused-ring (bicyclic) bond motifs is 1. The molecular formula is C21H20N2O8S2. The molecule has 10 nitrogen and oxygen atoms in total. The molecule has 174 valence electrons. The molecule has 0 spiro atoms. The average Bonchev–Trinajstić information content (AvgIpc) is 2.80. The number of rotatable bonds is 9. The highest BCUT2D eigenvalue weighted by Crippen LogP contribution is 2.29. The maximum absolute atomic E-state index is 12.5. The Kier molecular flexibility index (Phi) is 7.51. The van der Waals surface area contributed by atoms with Gasteiger partial charge in [0.05, 0.1) is 14.7 Å². The summed E-state index contributed by atoms with van der Waals surface area (Å²) in [6.45, 7) is 1.00. The van der Waals surface area contributed by atoms with Gasteiger partial charge in [-0.25, -0.2) is 13.2 Å². The van der Waals surface area contributed by atoms with Crippen LogP contribution in [0.25, 0.3) is 11.0 Å². The molecule has 0 aliphatic heterocycles. The van der Waals surface area contributed by atoms with Gasteiger partial charge in [0.25, 0.3) is 5.69 Å². The summed E-state index contributed by atoms with van der Waals surface area (Å²) in [6, 6.07) is 10.0. The van der Waals surface area contributed by atoms with Crippen LogP contribution in [0.2, 0.25) is 0 Å². The lowest BCUT2D eigenvalue weighted by molar-refractivity contribution is -0.387. The van der Waals surface area contributed by atoms with Crippen LogP contribution in [0.15, 0.2) is 61.5 Å². The molecule has 0 atom stereocenters. The van der Waals surface area contributed by atoms with Crippen molar-refractivity contribution in [3.05, 3.63) is 74.1 Å². The van der Waals surface area contributed by atoms with E-state index >= 15 is 0 Å². The van der Waals surface area contributed by atoms with E-state index in [1.165, 1.54) is 18.2 Å². The number of benzene rings is 2. The zero-order valence-electron chi connectivity index (χ0n) is 17.7. The summed E-state index contributed by atoms with van der Waals surface area (Å²) in [5.74, 6) is -0.889. The second-order valence-electron chi connectivity index (χ2n) is 6.85. The van der Waals surface area contributed by atoms with E-state index in [9.17, 15) is 28.1 Å². The third-order valence-corrected chi connectivity index (χ3v) is 6.94. The molecule has 1 heterocycles. The number of sulfonamides is 1. The summed E-state index contributed by atoms with van der Waals surface area (Å²) in [5, 5.41) is 11.8. The first-order valence-electron chi connectivity index (χ1n) is 9.68. The van der Waals surface area contributed by atoms with Gasteiger partial charge < -0.3 is 9.15 Å². The highest BCUT2D eigenvalue weighted by molar-refractivity contribution is 7.98. The third-order valence-electron chi connectivity index (χ3n) is 4.76. The van der Waals surface area contributed by atoms with Gasteiger partial charge in [0.2, 0.25) is 10.0 Å². The van der Waals surface area contributed by atoms with Gasteiger partial charge in [-0.05, 0) is 36.4 Å². The number of carbonyl (C=O) groups excluding carboxylic acids is 1. The first-order valence-corrected chi connectivity index (χ1v) is 12.4. The minimum absolute atomic E-state index is 0.262. The summed E-state index contributed by atoms with van der Waals surface area (Å²) in [4.78, 5) is 34.4. The Hall–Kier alpha value is -3.22. The van der Waals surface area contributed by atoms with Gasteiger partial charge in [0, 0.05) is 23.1 Å². The summed E-state index contributed by atoms with van der Waals surface area (Å²) in [6.07, 6.45) is 2.38. The number of aryl methyl sites for hydroxylation is 1. The topological polar surface area (TPSA) is 146 Å². The maximum Gasteiger partial charge on any atom is 0.336 e. The van der Waals surface area contributed by atoms with E-state index < -0.39 is 33.1 Å². The van der Waals surface area contributed by atoms with E-state index in [0.29, 0.717) is 21.4 Å². The lowest BCUT2D eigenvalue weighted by atomic mass is 10.1. The van der Waals surface area contributed by atoms with Gasteiger partial charge in [-0.2, -0.15) is 4.72 Å². The van der Waals surface area contributed by atoms with Crippen molar-refractivity contribution in [3.63, 3.8) is 0 Å². The Labute approximate surface area is 193 Å². The van der Waals surface area contributed by atoms with Crippen molar-refractivity contribution < 1.29 is 27.3 Å². The van der Waals surface area contributed by atoms with Crippen LogP contribution in [-0.4, -0.2) is 32.1 Å². The van der Waals surface area contributed by atoms with Crippen molar-refractivity contribution in [1.29, 1.82) is 0 Å². The Morgan fingerprint density at radius 2 is 1.97 bits per heavy atom. The van der Waals surface area contributed by atoms with Crippen molar-refractivity contribution in [2.45, 2.75) is 29.7 Å². The molecule has 0 radical (unpaired) electrons. The minimum atomic E-state index is -4.20. The molecule has 1 aromatic heterocycles. The molecule has 2 aromatic carbocycles.